The van der Waals surface area contributed by atoms with Crippen LogP contribution < -0.4 is 10.9 Å². The largest absolute Gasteiger partial charge is 0.381 e. The molecule has 0 aliphatic carbocycles. The lowest BCUT2D eigenvalue weighted by molar-refractivity contribution is -0.121. The van der Waals surface area contributed by atoms with E-state index < -0.39 is 0 Å². The minimum Gasteiger partial charge on any atom is -0.381 e. The van der Waals surface area contributed by atoms with Gasteiger partial charge in [-0.25, -0.2) is 4.98 Å². The first-order chi connectivity index (χ1) is 11.2. The second-order valence-electron chi connectivity index (χ2n) is 5.30. The number of nitrogens with one attached hydrogen (secondary N) is 1. The van der Waals surface area contributed by atoms with E-state index in [-0.39, 0.29) is 17.9 Å². The highest BCUT2D eigenvalue weighted by atomic mass is 32.1. The van der Waals surface area contributed by atoms with Crippen LogP contribution in [0.1, 0.15) is 32.6 Å². The summed E-state index contributed by atoms with van der Waals surface area (Å²) in [7, 11) is 0. The number of thiophene rings is 1. The van der Waals surface area contributed by atoms with Crippen molar-refractivity contribution in [2.24, 2.45) is 0 Å². The Balaban J connectivity index is 1.67. The van der Waals surface area contributed by atoms with Crippen molar-refractivity contribution < 1.29 is 9.53 Å². The number of ether oxygens (including phenoxy) is 1. The third kappa shape index (κ3) is 5.44. The molecule has 7 heteroatoms. The molecule has 0 saturated heterocycles. The van der Waals surface area contributed by atoms with Crippen molar-refractivity contribution in [2.45, 2.75) is 39.2 Å². The molecule has 23 heavy (non-hydrogen) atoms. The normalized spacial score (nSPS) is 11.0. The van der Waals surface area contributed by atoms with Crippen LogP contribution in [-0.4, -0.2) is 35.2 Å². The predicted molar refractivity (Wildman–Crippen MR) is 91.9 cm³/mol. The summed E-state index contributed by atoms with van der Waals surface area (Å²) in [6, 6.07) is 1.77. The zero-order chi connectivity index (χ0) is 16.5. The summed E-state index contributed by atoms with van der Waals surface area (Å²) in [5.74, 6) is -0.0594. The fourth-order valence-electron chi connectivity index (χ4n) is 2.11. The van der Waals surface area contributed by atoms with Gasteiger partial charge in [0.2, 0.25) is 5.91 Å². The van der Waals surface area contributed by atoms with Crippen molar-refractivity contribution in [1.29, 1.82) is 0 Å². The minimum absolute atomic E-state index is 0.0594. The molecule has 0 bridgehead atoms. The van der Waals surface area contributed by atoms with Crippen molar-refractivity contribution >= 4 is 27.5 Å². The average molecular weight is 337 g/mol. The van der Waals surface area contributed by atoms with Gasteiger partial charge in [-0.05, 0) is 24.3 Å². The van der Waals surface area contributed by atoms with E-state index in [4.69, 9.17) is 4.74 Å². The highest BCUT2D eigenvalue weighted by molar-refractivity contribution is 7.16. The van der Waals surface area contributed by atoms with E-state index in [1.807, 2.05) is 5.38 Å². The maximum atomic E-state index is 12.2. The van der Waals surface area contributed by atoms with E-state index in [0.29, 0.717) is 25.1 Å². The lowest BCUT2D eigenvalue weighted by atomic mass is 10.3. The van der Waals surface area contributed by atoms with Crippen LogP contribution in [-0.2, 0) is 16.1 Å². The molecular weight excluding hydrogens is 314 g/mol. The molecule has 0 atom stereocenters. The second kappa shape index (κ2) is 9.42. The molecule has 0 aliphatic rings. The standard InChI is InChI=1S/C16H23N3O3S/c1-2-3-9-22-10-4-7-17-14(20)5-8-19-12-18-15-13(16(19)21)6-11-23-15/h6,11-12H,2-5,7-10H2,1H3,(H,17,20). The SMILES string of the molecule is CCCCOCCCNC(=O)CCn1cnc2sccc2c1=O. The number of amides is 1. The summed E-state index contributed by atoms with van der Waals surface area (Å²) in [5.41, 5.74) is -0.0895. The molecule has 2 aromatic heterocycles. The number of hydrogen-bond donors (Lipinski definition) is 1. The molecule has 2 heterocycles. The van der Waals surface area contributed by atoms with Gasteiger partial charge in [0, 0.05) is 32.7 Å². The van der Waals surface area contributed by atoms with Crippen LogP contribution in [0.3, 0.4) is 0 Å². The van der Waals surface area contributed by atoms with Crippen molar-refractivity contribution in [3.8, 4) is 0 Å². The fourth-order valence-corrected chi connectivity index (χ4v) is 2.84. The monoisotopic (exact) mass is 337 g/mol. The Bertz CT molecular complexity index is 681. The zero-order valence-corrected chi connectivity index (χ0v) is 14.2. The molecule has 0 aliphatic heterocycles. The summed E-state index contributed by atoms with van der Waals surface area (Å²) in [6.45, 7) is 4.52. The molecule has 1 amide bonds. The molecule has 2 aromatic rings. The van der Waals surface area contributed by atoms with Crippen molar-refractivity contribution in [3.05, 3.63) is 28.1 Å². The maximum Gasteiger partial charge on any atom is 0.262 e. The van der Waals surface area contributed by atoms with Crippen LogP contribution in [0.2, 0.25) is 0 Å². The molecule has 0 saturated carbocycles. The predicted octanol–water partition coefficient (Wildman–Crippen LogP) is 2.17. The first kappa shape index (κ1) is 17.6. The number of rotatable bonds is 10. The molecule has 2 rings (SSSR count). The topological polar surface area (TPSA) is 73.2 Å². The van der Waals surface area contributed by atoms with Gasteiger partial charge < -0.3 is 10.1 Å². The number of hydrogen-bond acceptors (Lipinski definition) is 5. The summed E-state index contributed by atoms with van der Waals surface area (Å²) in [4.78, 5) is 28.9. The Morgan fingerprint density at radius 2 is 2.22 bits per heavy atom. The molecule has 0 unspecified atom stereocenters. The molecular formula is C16H23N3O3S. The van der Waals surface area contributed by atoms with Crippen LogP contribution in [0.5, 0.6) is 0 Å². The second-order valence-corrected chi connectivity index (χ2v) is 6.20. The van der Waals surface area contributed by atoms with Crippen molar-refractivity contribution in [3.63, 3.8) is 0 Å². The van der Waals surface area contributed by atoms with Gasteiger partial charge in [0.25, 0.3) is 5.56 Å². The number of nitrogens with zero attached hydrogens (tertiary/aromatic N) is 2. The zero-order valence-electron chi connectivity index (χ0n) is 13.4. The van der Waals surface area contributed by atoms with E-state index in [1.165, 1.54) is 22.2 Å². The molecule has 1 N–H and O–H groups in total. The van der Waals surface area contributed by atoms with E-state index in [0.717, 1.165) is 30.7 Å². The van der Waals surface area contributed by atoms with Crippen LogP contribution in [0, 0.1) is 0 Å². The maximum absolute atomic E-state index is 12.2. The number of carbonyl (C=O) groups excluding carboxylic acids is 1. The van der Waals surface area contributed by atoms with Gasteiger partial charge in [0.05, 0.1) is 11.7 Å². The Hall–Kier alpha value is -1.73. The van der Waals surface area contributed by atoms with Gasteiger partial charge >= 0.3 is 0 Å². The Morgan fingerprint density at radius 1 is 1.39 bits per heavy atom. The van der Waals surface area contributed by atoms with Gasteiger partial charge in [-0.1, -0.05) is 13.3 Å². The molecule has 0 radical (unpaired) electrons. The molecule has 126 valence electrons. The molecule has 0 aromatic carbocycles. The number of aromatic nitrogens is 2. The van der Waals surface area contributed by atoms with E-state index >= 15 is 0 Å². The quantitative estimate of drug-likeness (QED) is 0.674. The summed E-state index contributed by atoms with van der Waals surface area (Å²) < 4.78 is 6.92. The van der Waals surface area contributed by atoms with Crippen LogP contribution in [0.25, 0.3) is 10.2 Å². The lowest BCUT2D eigenvalue weighted by Gasteiger charge is -2.07. The smallest absolute Gasteiger partial charge is 0.262 e. The van der Waals surface area contributed by atoms with E-state index in [1.54, 1.807) is 6.07 Å². The first-order valence-electron chi connectivity index (χ1n) is 7.99. The Labute approximate surface area is 139 Å². The highest BCUT2D eigenvalue weighted by Gasteiger charge is 2.07. The average Bonchev–Trinajstić information content (AvgIpc) is 3.03. The summed E-state index contributed by atoms with van der Waals surface area (Å²) >= 11 is 1.44. The number of carbonyl (C=O) groups is 1. The van der Waals surface area contributed by atoms with Crippen LogP contribution in [0.4, 0.5) is 0 Å². The first-order valence-corrected chi connectivity index (χ1v) is 8.87. The van der Waals surface area contributed by atoms with Crippen molar-refractivity contribution in [2.75, 3.05) is 19.8 Å². The van der Waals surface area contributed by atoms with Crippen LogP contribution in [0.15, 0.2) is 22.6 Å². The molecule has 0 spiro atoms. The molecule has 6 nitrogen and oxygen atoms in total. The number of fused-ring (bicyclic) bond motifs is 1. The van der Waals surface area contributed by atoms with Gasteiger partial charge in [-0.2, -0.15) is 0 Å². The summed E-state index contributed by atoms with van der Waals surface area (Å²) in [6.07, 6.45) is 4.79. The van der Waals surface area contributed by atoms with Crippen molar-refractivity contribution in [1.82, 2.24) is 14.9 Å². The van der Waals surface area contributed by atoms with E-state index in [9.17, 15) is 9.59 Å². The van der Waals surface area contributed by atoms with E-state index in [2.05, 4.69) is 17.2 Å². The Kier molecular flexibility index (Phi) is 7.22. The van der Waals surface area contributed by atoms with Gasteiger partial charge in [-0.15, -0.1) is 11.3 Å². The summed E-state index contributed by atoms with van der Waals surface area (Å²) in [5, 5.41) is 5.30. The number of aryl methyl sites for hydroxylation is 1. The third-order valence-electron chi connectivity index (χ3n) is 3.46. The van der Waals surface area contributed by atoms with Gasteiger partial charge in [-0.3, -0.25) is 14.2 Å². The fraction of sp³-hybridized carbons (Fsp3) is 0.562. The minimum atomic E-state index is -0.0895. The third-order valence-corrected chi connectivity index (χ3v) is 4.28. The number of unbranched alkanes of at least 4 members (excludes halogenated alkanes) is 1. The Morgan fingerprint density at radius 3 is 3.04 bits per heavy atom. The lowest BCUT2D eigenvalue weighted by Crippen LogP contribution is -2.28. The van der Waals surface area contributed by atoms with Gasteiger partial charge in [0.15, 0.2) is 0 Å². The highest BCUT2D eigenvalue weighted by Crippen LogP contribution is 2.13. The molecule has 0 fully saturated rings. The van der Waals surface area contributed by atoms with Crippen LogP contribution >= 0.6 is 11.3 Å². The van der Waals surface area contributed by atoms with Gasteiger partial charge in [0.1, 0.15) is 4.83 Å².